The predicted octanol–water partition coefficient (Wildman–Crippen LogP) is 2.31. The van der Waals surface area contributed by atoms with Crippen molar-refractivity contribution < 1.29 is 10.0 Å². The number of benzene rings is 1. The Labute approximate surface area is 118 Å². The Balaban J connectivity index is 2.38. The van der Waals surface area contributed by atoms with Gasteiger partial charge in [-0.05, 0) is 25.0 Å². The molecule has 1 aliphatic rings. The van der Waals surface area contributed by atoms with Crippen molar-refractivity contribution in [2.24, 2.45) is 0 Å². The summed E-state index contributed by atoms with van der Waals surface area (Å²) in [6, 6.07) is 5.24. The van der Waals surface area contributed by atoms with Gasteiger partial charge < -0.3 is 15.7 Å². The molecule has 1 saturated carbocycles. The first kappa shape index (κ1) is 14.6. The number of rotatable bonds is 5. The monoisotopic (exact) mass is 279 g/mol. The summed E-state index contributed by atoms with van der Waals surface area (Å²) in [5, 5.41) is 20.6. The molecule has 0 unspecified atom stereocenters. The van der Waals surface area contributed by atoms with Crippen molar-refractivity contribution in [3.63, 3.8) is 0 Å². The van der Waals surface area contributed by atoms with Gasteiger partial charge in [0.2, 0.25) is 0 Å². The SMILES string of the molecule is Nc1cccc(N(CCO)C2CCCCC2)c1[N+](=O)[O-]. The summed E-state index contributed by atoms with van der Waals surface area (Å²) in [7, 11) is 0. The smallest absolute Gasteiger partial charge is 0.315 e. The number of anilines is 2. The van der Waals surface area contributed by atoms with E-state index >= 15 is 0 Å². The molecule has 1 aromatic carbocycles. The molecule has 20 heavy (non-hydrogen) atoms. The van der Waals surface area contributed by atoms with E-state index in [0.717, 1.165) is 25.7 Å². The van der Waals surface area contributed by atoms with Crippen LogP contribution in [0.4, 0.5) is 17.1 Å². The number of nitro benzene ring substituents is 1. The van der Waals surface area contributed by atoms with Gasteiger partial charge in [-0.3, -0.25) is 10.1 Å². The van der Waals surface area contributed by atoms with Crippen molar-refractivity contribution in [3.8, 4) is 0 Å². The van der Waals surface area contributed by atoms with Gasteiger partial charge in [-0.2, -0.15) is 0 Å². The average Bonchev–Trinajstić information content (AvgIpc) is 2.45. The summed E-state index contributed by atoms with van der Waals surface area (Å²) in [4.78, 5) is 12.8. The summed E-state index contributed by atoms with van der Waals surface area (Å²) in [5.74, 6) is 0. The second-order valence-corrected chi connectivity index (χ2v) is 5.18. The van der Waals surface area contributed by atoms with Crippen LogP contribution in [0.25, 0.3) is 0 Å². The Morgan fingerprint density at radius 3 is 2.65 bits per heavy atom. The summed E-state index contributed by atoms with van der Waals surface area (Å²) in [6.45, 7) is 0.372. The molecule has 3 N–H and O–H groups in total. The topological polar surface area (TPSA) is 92.6 Å². The lowest BCUT2D eigenvalue weighted by molar-refractivity contribution is -0.383. The summed E-state index contributed by atoms with van der Waals surface area (Å²) in [6.07, 6.45) is 5.48. The maximum atomic E-state index is 11.3. The molecule has 6 heteroatoms. The van der Waals surface area contributed by atoms with Gasteiger partial charge in [-0.1, -0.05) is 25.3 Å². The highest BCUT2D eigenvalue weighted by atomic mass is 16.6. The van der Waals surface area contributed by atoms with Crippen LogP contribution in [0.15, 0.2) is 18.2 Å². The lowest BCUT2D eigenvalue weighted by atomic mass is 9.93. The molecule has 0 radical (unpaired) electrons. The molecule has 0 spiro atoms. The third-order valence-corrected chi connectivity index (χ3v) is 3.89. The highest BCUT2D eigenvalue weighted by molar-refractivity contribution is 5.75. The number of aliphatic hydroxyl groups excluding tert-OH is 1. The van der Waals surface area contributed by atoms with Crippen LogP contribution in [0.2, 0.25) is 0 Å². The molecule has 0 bridgehead atoms. The number of nitrogens with two attached hydrogens (primary N) is 1. The maximum absolute atomic E-state index is 11.3. The van der Waals surface area contributed by atoms with E-state index in [9.17, 15) is 15.2 Å². The number of nitro groups is 1. The van der Waals surface area contributed by atoms with E-state index in [-0.39, 0.29) is 24.0 Å². The molecule has 0 atom stereocenters. The molecule has 6 nitrogen and oxygen atoms in total. The van der Waals surface area contributed by atoms with E-state index in [0.29, 0.717) is 12.2 Å². The fourth-order valence-electron chi connectivity index (χ4n) is 2.98. The van der Waals surface area contributed by atoms with Gasteiger partial charge in [0.15, 0.2) is 0 Å². The van der Waals surface area contributed by atoms with E-state index in [1.807, 2.05) is 4.90 Å². The predicted molar refractivity (Wildman–Crippen MR) is 78.8 cm³/mol. The molecule has 1 aliphatic carbocycles. The Bertz CT molecular complexity index is 473. The van der Waals surface area contributed by atoms with Crippen molar-refractivity contribution in [2.75, 3.05) is 23.8 Å². The highest BCUT2D eigenvalue weighted by Gasteiger charge is 2.28. The first-order valence-electron chi connectivity index (χ1n) is 7.05. The molecular formula is C14H21N3O3. The summed E-state index contributed by atoms with van der Waals surface area (Å²) in [5.41, 5.74) is 6.40. The molecular weight excluding hydrogens is 258 g/mol. The van der Waals surface area contributed by atoms with Crippen LogP contribution in [-0.4, -0.2) is 29.2 Å². The molecule has 0 heterocycles. The van der Waals surface area contributed by atoms with Crippen LogP contribution in [-0.2, 0) is 0 Å². The maximum Gasteiger partial charge on any atom is 0.315 e. The number of nitrogen functional groups attached to an aromatic ring is 1. The van der Waals surface area contributed by atoms with E-state index in [1.165, 1.54) is 6.42 Å². The largest absolute Gasteiger partial charge is 0.395 e. The van der Waals surface area contributed by atoms with E-state index in [1.54, 1.807) is 18.2 Å². The minimum absolute atomic E-state index is 0.0253. The lowest BCUT2D eigenvalue weighted by Crippen LogP contribution is -2.39. The molecule has 1 fully saturated rings. The Hall–Kier alpha value is -1.82. The van der Waals surface area contributed by atoms with Gasteiger partial charge in [0.25, 0.3) is 0 Å². The van der Waals surface area contributed by atoms with Crippen LogP contribution in [0.1, 0.15) is 32.1 Å². The number of para-hydroxylation sites is 1. The minimum Gasteiger partial charge on any atom is -0.395 e. The Morgan fingerprint density at radius 2 is 2.05 bits per heavy atom. The van der Waals surface area contributed by atoms with Crippen LogP contribution in [0.5, 0.6) is 0 Å². The molecule has 0 aromatic heterocycles. The summed E-state index contributed by atoms with van der Waals surface area (Å²) < 4.78 is 0. The third-order valence-electron chi connectivity index (χ3n) is 3.89. The molecule has 2 rings (SSSR count). The first-order chi connectivity index (χ1) is 9.65. The fraction of sp³-hybridized carbons (Fsp3) is 0.571. The zero-order chi connectivity index (χ0) is 14.5. The van der Waals surface area contributed by atoms with Crippen LogP contribution < -0.4 is 10.6 Å². The number of hydrogen-bond acceptors (Lipinski definition) is 5. The van der Waals surface area contributed by atoms with E-state index in [2.05, 4.69) is 0 Å². The van der Waals surface area contributed by atoms with Crippen molar-refractivity contribution >= 4 is 17.1 Å². The van der Waals surface area contributed by atoms with Gasteiger partial charge in [0, 0.05) is 12.6 Å². The van der Waals surface area contributed by atoms with Gasteiger partial charge in [-0.25, -0.2) is 0 Å². The average molecular weight is 279 g/mol. The fourth-order valence-corrected chi connectivity index (χ4v) is 2.98. The third kappa shape index (κ3) is 3.01. The number of aliphatic hydroxyl groups is 1. The lowest BCUT2D eigenvalue weighted by Gasteiger charge is -2.35. The van der Waals surface area contributed by atoms with Crippen LogP contribution >= 0.6 is 0 Å². The normalized spacial score (nSPS) is 16.1. The van der Waals surface area contributed by atoms with Crippen molar-refractivity contribution in [2.45, 2.75) is 38.1 Å². The number of hydrogen-bond donors (Lipinski definition) is 2. The molecule has 0 amide bonds. The van der Waals surface area contributed by atoms with Gasteiger partial charge in [-0.15, -0.1) is 0 Å². The van der Waals surface area contributed by atoms with Crippen molar-refractivity contribution in [3.05, 3.63) is 28.3 Å². The van der Waals surface area contributed by atoms with Gasteiger partial charge in [0.1, 0.15) is 11.4 Å². The molecule has 0 aliphatic heterocycles. The molecule has 110 valence electrons. The van der Waals surface area contributed by atoms with Crippen molar-refractivity contribution in [1.82, 2.24) is 0 Å². The Morgan fingerprint density at radius 1 is 1.35 bits per heavy atom. The zero-order valence-electron chi connectivity index (χ0n) is 11.5. The van der Waals surface area contributed by atoms with Crippen LogP contribution in [0, 0.1) is 10.1 Å². The van der Waals surface area contributed by atoms with E-state index in [4.69, 9.17) is 5.73 Å². The quantitative estimate of drug-likeness (QED) is 0.490. The second-order valence-electron chi connectivity index (χ2n) is 5.18. The zero-order valence-corrected chi connectivity index (χ0v) is 11.5. The Kier molecular flexibility index (Phi) is 4.79. The first-order valence-corrected chi connectivity index (χ1v) is 7.05. The van der Waals surface area contributed by atoms with Crippen molar-refractivity contribution in [1.29, 1.82) is 0 Å². The molecule has 1 aromatic rings. The van der Waals surface area contributed by atoms with Gasteiger partial charge >= 0.3 is 5.69 Å². The summed E-state index contributed by atoms with van der Waals surface area (Å²) >= 11 is 0. The highest BCUT2D eigenvalue weighted by Crippen LogP contribution is 2.37. The van der Waals surface area contributed by atoms with E-state index < -0.39 is 4.92 Å². The minimum atomic E-state index is -0.433. The molecule has 0 saturated heterocycles. The number of nitrogens with zero attached hydrogens (tertiary/aromatic N) is 2. The second kappa shape index (κ2) is 6.56. The standard InChI is InChI=1S/C14H21N3O3/c15-12-7-4-8-13(14(12)17(19)20)16(9-10-18)11-5-2-1-3-6-11/h4,7-8,11,18H,1-3,5-6,9-10,15H2. The van der Waals surface area contributed by atoms with Gasteiger partial charge in [0.05, 0.1) is 11.5 Å². The van der Waals surface area contributed by atoms with Crippen LogP contribution in [0.3, 0.4) is 0 Å².